The van der Waals surface area contributed by atoms with Gasteiger partial charge in [0.2, 0.25) is 0 Å². The SMILES string of the molecule is CC1(C)O[C@@H]2[C@H](O1)[C@@H](n1nc(C#N)c(C#N)c1N)O[C@H]2CO. The van der Waals surface area contributed by atoms with Crippen LogP contribution in [0, 0.1) is 22.7 Å². The van der Waals surface area contributed by atoms with E-state index >= 15 is 0 Å². The first-order valence-electron chi connectivity index (χ1n) is 6.72. The Morgan fingerprint density at radius 3 is 2.55 bits per heavy atom. The van der Waals surface area contributed by atoms with E-state index in [2.05, 4.69) is 5.10 Å². The van der Waals surface area contributed by atoms with Crippen molar-refractivity contribution in [3.63, 3.8) is 0 Å². The van der Waals surface area contributed by atoms with Crippen molar-refractivity contribution in [1.82, 2.24) is 9.78 Å². The fourth-order valence-electron chi connectivity index (χ4n) is 2.83. The van der Waals surface area contributed by atoms with E-state index in [0.717, 1.165) is 0 Å². The van der Waals surface area contributed by atoms with Crippen molar-refractivity contribution in [1.29, 1.82) is 10.5 Å². The molecule has 9 heteroatoms. The molecule has 9 nitrogen and oxygen atoms in total. The predicted molar refractivity (Wildman–Crippen MR) is 70.9 cm³/mol. The maximum absolute atomic E-state index is 9.44. The molecule has 0 aliphatic carbocycles. The number of aromatic nitrogens is 2. The minimum absolute atomic E-state index is 0.00623. The summed E-state index contributed by atoms with van der Waals surface area (Å²) in [4.78, 5) is 0. The van der Waals surface area contributed by atoms with E-state index < -0.39 is 30.3 Å². The molecule has 3 rings (SSSR count). The largest absolute Gasteiger partial charge is 0.394 e. The number of ether oxygens (including phenoxy) is 3. The summed E-state index contributed by atoms with van der Waals surface area (Å²) in [5.41, 5.74) is 5.81. The molecule has 2 fully saturated rings. The van der Waals surface area contributed by atoms with Crippen LogP contribution in [0.2, 0.25) is 0 Å². The Morgan fingerprint density at radius 1 is 1.32 bits per heavy atom. The van der Waals surface area contributed by atoms with E-state index in [1.165, 1.54) is 4.68 Å². The highest BCUT2D eigenvalue weighted by atomic mass is 16.8. The molecule has 2 aliphatic heterocycles. The van der Waals surface area contributed by atoms with E-state index in [9.17, 15) is 5.11 Å². The Kier molecular flexibility index (Phi) is 3.31. The van der Waals surface area contributed by atoms with Crippen LogP contribution in [0.15, 0.2) is 0 Å². The third-order valence-corrected chi connectivity index (χ3v) is 3.71. The molecule has 2 aliphatic rings. The Hall–Kier alpha value is -2.17. The molecule has 3 heterocycles. The fraction of sp³-hybridized carbons (Fsp3) is 0.615. The summed E-state index contributed by atoms with van der Waals surface area (Å²) in [5.74, 6) is -0.808. The first kappa shape index (κ1) is 14.8. The number of nitrogens with zero attached hydrogens (tertiary/aromatic N) is 4. The molecule has 3 N–H and O–H groups in total. The molecule has 22 heavy (non-hydrogen) atoms. The number of fused-ring (bicyclic) bond motifs is 1. The van der Waals surface area contributed by atoms with Crippen molar-refractivity contribution in [2.75, 3.05) is 12.3 Å². The van der Waals surface area contributed by atoms with Gasteiger partial charge in [0.05, 0.1) is 6.61 Å². The van der Waals surface area contributed by atoms with Gasteiger partial charge in [0.15, 0.2) is 17.7 Å². The van der Waals surface area contributed by atoms with Gasteiger partial charge in [-0.25, -0.2) is 4.68 Å². The molecule has 0 unspecified atom stereocenters. The molecule has 1 aromatic heterocycles. The molecule has 1 aromatic rings. The molecule has 116 valence electrons. The van der Waals surface area contributed by atoms with Gasteiger partial charge in [0.1, 0.15) is 41.8 Å². The van der Waals surface area contributed by atoms with Crippen molar-refractivity contribution in [3.05, 3.63) is 11.3 Å². The van der Waals surface area contributed by atoms with Gasteiger partial charge < -0.3 is 25.1 Å². The molecule has 0 amide bonds. The smallest absolute Gasteiger partial charge is 0.182 e. The number of nitriles is 2. The summed E-state index contributed by atoms with van der Waals surface area (Å²) in [7, 11) is 0. The van der Waals surface area contributed by atoms with Crippen LogP contribution in [0.5, 0.6) is 0 Å². The summed E-state index contributed by atoms with van der Waals surface area (Å²) in [6, 6.07) is 3.67. The fourth-order valence-corrected chi connectivity index (χ4v) is 2.83. The van der Waals surface area contributed by atoms with Gasteiger partial charge in [0.25, 0.3) is 0 Å². The molecule has 0 spiro atoms. The average molecular weight is 305 g/mol. The van der Waals surface area contributed by atoms with Crippen LogP contribution in [0.4, 0.5) is 5.82 Å². The Labute approximate surface area is 126 Å². The summed E-state index contributed by atoms with van der Waals surface area (Å²) >= 11 is 0. The van der Waals surface area contributed by atoms with Crippen LogP contribution in [0.25, 0.3) is 0 Å². The highest BCUT2D eigenvalue weighted by molar-refractivity contribution is 5.56. The van der Waals surface area contributed by atoms with Crippen LogP contribution in [-0.2, 0) is 14.2 Å². The quantitative estimate of drug-likeness (QED) is 0.753. The van der Waals surface area contributed by atoms with Gasteiger partial charge in [0, 0.05) is 0 Å². The van der Waals surface area contributed by atoms with Crippen LogP contribution < -0.4 is 5.73 Å². The van der Waals surface area contributed by atoms with E-state index in [1.807, 2.05) is 12.1 Å². The number of nitrogens with two attached hydrogens (primary N) is 1. The summed E-state index contributed by atoms with van der Waals surface area (Å²) in [6.07, 6.45) is -2.41. The first-order chi connectivity index (χ1) is 10.4. The molecular formula is C13H15N5O4. The number of anilines is 1. The van der Waals surface area contributed by atoms with Crippen molar-refractivity contribution in [2.45, 2.75) is 44.2 Å². The van der Waals surface area contributed by atoms with Gasteiger partial charge in [-0.15, -0.1) is 0 Å². The average Bonchev–Trinajstić information content (AvgIpc) is 3.06. The zero-order valence-corrected chi connectivity index (χ0v) is 12.1. The van der Waals surface area contributed by atoms with Crippen molar-refractivity contribution in [2.24, 2.45) is 0 Å². The standard InChI is InChI=1S/C13H15N5O4/c1-13(2)21-9-8(5-19)20-12(10(9)22-13)18-11(16)6(3-14)7(4-15)17-18/h8-10,12,19H,5,16H2,1-2H3/t8-,9-,10-,12-/m0/s1. The molecule has 0 saturated carbocycles. The molecule has 0 radical (unpaired) electrons. The van der Waals surface area contributed by atoms with Crippen LogP contribution in [-0.4, -0.2) is 45.6 Å². The van der Waals surface area contributed by atoms with E-state index in [-0.39, 0.29) is 23.7 Å². The lowest BCUT2D eigenvalue weighted by Crippen LogP contribution is -2.31. The number of rotatable bonds is 2. The Balaban J connectivity index is 2.01. The summed E-state index contributed by atoms with van der Waals surface area (Å²) in [5, 5.41) is 31.6. The predicted octanol–water partition coefficient (Wildman–Crippen LogP) is -0.382. The van der Waals surface area contributed by atoms with Crippen molar-refractivity contribution < 1.29 is 19.3 Å². The van der Waals surface area contributed by atoms with Crippen LogP contribution >= 0.6 is 0 Å². The minimum atomic E-state index is -0.831. The van der Waals surface area contributed by atoms with Crippen molar-refractivity contribution >= 4 is 5.82 Å². The molecule has 0 aromatic carbocycles. The molecular weight excluding hydrogens is 290 g/mol. The monoisotopic (exact) mass is 305 g/mol. The maximum Gasteiger partial charge on any atom is 0.182 e. The summed E-state index contributed by atoms with van der Waals surface area (Å²) < 4.78 is 18.5. The second-order valence-corrected chi connectivity index (χ2v) is 5.59. The van der Waals surface area contributed by atoms with Gasteiger partial charge in [-0.3, -0.25) is 0 Å². The lowest BCUT2D eigenvalue weighted by atomic mass is 10.1. The van der Waals surface area contributed by atoms with Gasteiger partial charge in [-0.1, -0.05) is 0 Å². The maximum atomic E-state index is 9.44. The minimum Gasteiger partial charge on any atom is -0.394 e. The molecule has 0 bridgehead atoms. The second-order valence-electron chi connectivity index (χ2n) is 5.59. The summed E-state index contributed by atoms with van der Waals surface area (Å²) in [6.45, 7) is 3.25. The van der Waals surface area contributed by atoms with E-state index in [4.69, 9.17) is 30.5 Å². The Morgan fingerprint density at radius 2 is 2.00 bits per heavy atom. The lowest BCUT2D eigenvalue weighted by Gasteiger charge is -2.24. The topological polar surface area (TPSA) is 139 Å². The zero-order valence-electron chi connectivity index (χ0n) is 12.1. The number of aliphatic hydroxyl groups is 1. The highest BCUT2D eigenvalue weighted by Crippen LogP contribution is 2.43. The van der Waals surface area contributed by atoms with Gasteiger partial charge in [-0.05, 0) is 13.8 Å². The van der Waals surface area contributed by atoms with E-state index in [0.29, 0.717) is 0 Å². The number of nitrogen functional groups attached to an aromatic ring is 1. The molecule has 4 atom stereocenters. The highest BCUT2D eigenvalue weighted by Gasteiger charge is 2.56. The zero-order chi connectivity index (χ0) is 16.1. The number of hydrogen-bond donors (Lipinski definition) is 2. The first-order valence-corrected chi connectivity index (χ1v) is 6.72. The number of aliphatic hydroxyl groups excluding tert-OH is 1. The Bertz CT molecular complexity index is 686. The number of hydrogen-bond acceptors (Lipinski definition) is 8. The van der Waals surface area contributed by atoms with Crippen LogP contribution in [0.3, 0.4) is 0 Å². The third kappa shape index (κ3) is 2.03. The van der Waals surface area contributed by atoms with Crippen LogP contribution in [0.1, 0.15) is 31.3 Å². The second kappa shape index (κ2) is 4.93. The normalized spacial score (nSPS) is 32.4. The third-order valence-electron chi connectivity index (χ3n) is 3.71. The van der Waals surface area contributed by atoms with Gasteiger partial charge >= 0.3 is 0 Å². The van der Waals surface area contributed by atoms with E-state index in [1.54, 1.807) is 13.8 Å². The van der Waals surface area contributed by atoms with Gasteiger partial charge in [-0.2, -0.15) is 15.6 Å². The molecule has 2 saturated heterocycles. The van der Waals surface area contributed by atoms with Crippen molar-refractivity contribution in [3.8, 4) is 12.1 Å². The lowest BCUT2D eigenvalue weighted by molar-refractivity contribution is -0.201.